The van der Waals surface area contributed by atoms with Crippen LogP contribution in [0, 0.1) is 23.2 Å². The van der Waals surface area contributed by atoms with E-state index >= 15 is 0 Å². The van der Waals surface area contributed by atoms with Gasteiger partial charge in [-0.15, -0.1) is 0 Å². The van der Waals surface area contributed by atoms with E-state index in [0.717, 1.165) is 44.2 Å². The summed E-state index contributed by atoms with van der Waals surface area (Å²) in [5.41, 5.74) is 0.363. The van der Waals surface area contributed by atoms with E-state index in [4.69, 9.17) is 4.55 Å². The lowest BCUT2D eigenvalue weighted by Crippen LogP contribution is -2.50. The van der Waals surface area contributed by atoms with E-state index in [-0.39, 0.29) is 12.0 Å². The Bertz CT molecular complexity index is 391. The Balaban J connectivity index is 1.57. The highest BCUT2D eigenvalue weighted by Crippen LogP contribution is 2.63. The van der Waals surface area contributed by atoms with E-state index in [2.05, 4.69) is 10.6 Å². The van der Waals surface area contributed by atoms with Crippen LogP contribution >= 0.6 is 12.0 Å². The number of rotatable bonds is 5. The fourth-order valence-corrected chi connectivity index (χ4v) is 5.02. The van der Waals surface area contributed by atoms with Gasteiger partial charge in [-0.05, 0) is 68.9 Å². The standard InChI is InChI=1S/C14H23FN2O2S/c1-13(15,20-19)12(18)17-3-2-14-6-9-4-10(14)7-16-8-11(14)5-9/h9-11,16,19H,2-8H2,1H3,(H,17,18). The predicted molar refractivity (Wildman–Crippen MR) is 77.0 cm³/mol. The minimum Gasteiger partial charge on any atom is -0.352 e. The quantitative estimate of drug-likeness (QED) is 0.680. The first-order valence-electron chi connectivity index (χ1n) is 7.48. The van der Waals surface area contributed by atoms with Crippen molar-refractivity contribution in [2.45, 2.75) is 37.6 Å². The molecule has 0 spiro atoms. The molecule has 2 saturated carbocycles. The summed E-state index contributed by atoms with van der Waals surface area (Å²) in [7, 11) is 0. The number of carbonyl (C=O) groups excluding carboxylic acids is 1. The molecule has 3 atom stereocenters. The van der Waals surface area contributed by atoms with Crippen molar-refractivity contribution < 1.29 is 13.7 Å². The molecule has 3 unspecified atom stereocenters. The number of hydrogen-bond donors (Lipinski definition) is 3. The van der Waals surface area contributed by atoms with Crippen molar-refractivity contribution in [2.75, 3.05) is 19.6 Å². The lowest BCUT2D eigenvalue weighted by molar-refractivity contribution is -0.127. The normalized spacial score (nSPS) is 41.5. The largest absolute Gasteiger partial charge is 0.352 e. The van der Waals surface area contributed by atoms with Gasteiger partial charge in [0.25, 0.3) is 10.9 Å². The SMILES string of the molecule is CC(F)(SO)C(=O)NCCC12CC3CC1CNCC2C3. The van der Waals surface area contributed by atoms with Crippen molar-refractivity contribution in [3.8, 4) is 0 Å². The molecule has 1 saturated heterocycles. The number of carbonyl (C=O) groups is 1. The molecule has 1 aliphatic heterocycles. The second kappa shape index (κ2) is 5.14. The summed E-state index contributed by atoms with van der Waals surface area (Å²) in [5.74, 6) is 1.58. The third-order valence-electron chi connectivity index (χ3n) is 5.77. The minimum atomic E-state index is -2.25. The average molecular weight is 302 g/mol. The highest BCUT2D eigenvalue weighted by molar-refractivity contribution is 7.95. The number of hydrogen-bond acceptors (Lipinski definition) is 4. The Kier molecular flexibility index (Phi) is 3.75. The third-order valence-corrected chi connectivity index (χ3v) is 6.29. The maximum absolute atomic E-state index is 13.6. The first-order chi connectivity index (χ1) is 9.48. The van der Waals surface area contributed by atoms with E-state index in [1.807, 2.05) is 0 Å². The fourth-order valence-electron chi connectivity index (χ4n) is 4.86. The summed E-state index contributed by atoms with van der Waals surface area (Å²) >= 11 is -0.0410. The zero-order valence-electron chi connectivity index (χ0n) is 11.8. The Hall–Kier alpha value is -0.330. The fraction of sp³-hybridized carbons (Fsp3) is 0.929. The molecular formula is C14H23FN2O2S. The van der Waals surface area contributed by atoms with Gasteiger partial charge in [0.1, 0.15) is 0 Å². The molecule has 114 valence electrons. The molecule has 2 bridgehead atoms. The predicted octanol–water partition coefficient (Wildman–Crippen LogP) is 2.02. The van der Waals surface area contributed by atoms with Crippen LogP contribution in [0.25, 0.3) is 0 Å². The first kappa shape index (κ1) is 14.6. The smallest absolute Gasteiger partial charge is 0.270 e. The van der Waals surface area contributed by atoms with Gasteiger partial charge in [0, 0.05) is 18.6 Å². The van der Waals surface area contributed by atoms with E-state index in [9.17, 15) is 9.18 Å². The lowest BCUT2D eigenvalue weighted by atomic mass is 9.64. The van der Waals surface area contributed by atoms with Gasteiger partial charge in [-0.1, -0.05) is 0 Å². The minimum absolute atomic E-state index is 0.0410. The van der Waals surface area contributed by atoms with Crippen molar-refractivity contribution >= 4 is 17.9 Å². The third kappa shape index (κ3) is 2.25. The number of halogens is 1. The average Bonchev–Trinajstić information content (AvgIpc) is 2.93. The van der Waals surface area contributed by atoms with Crippen LogP contribution in [0.4, 0.5) is 4.39 Å². The molecular weight excluding hydrogens is 279 g/mol. The number of nitrogens with one attached hydrogen (secondary N) is 2. The lowest BCUT2D eigenvalue weighted by Gasteiger charge is -2.46. The Morgan fingerprint density at radius 1 is 1.50 bits per heavy atom. The molecule has 4 nitrogen and oxygen atoms in total. The van der Waals surface area contributed by atoms with Gasteiger partial charge in [0.15, 0.2) is 0 Å². The van der Waals surface area contributed by atoms with Crippen molar-refractivity contribution in [1.82, 2.24) is 10.6 Å². The van der Waals surface area contributed by atoms with Crippen LogP contribution in [-0.2, 0) is 4.79 Å². The van der Waals surface area contributed by atoms with E-state index in [0.29, 0.717) is 12.0 Å². The van der Waals surface area contributed by atoms with Crippen LogP contribution in [0.1, 0.15) is 32.6 Å². The van der Waals surface area contributed by atoms with Gasteiger partial charge in [-0.2, -0.15) is 0 Å². The second-order valence-corrected chi connectivity index (χ2v) is 7.79. The zero-order chi connectivity index (χ0) is 14.4. The Labute approximate surface area is 123 Å². The van der Waals surface area contributed by atoms with Crippen LogP contribution in [0.5, 0.6) is 0 Å². The van der Waals surface area contributed by atoms with Crippen LogP contribution in [0.15, 0.2) is 0 Å². The Morgan fingerprint density at radius 2 is 2.15 bits per heavy atom. The van der Waals surface area contributed by atoms with Gasteiger partial charge in [-0.25, -0.2) is 4.39 Å². The molecule has 0 aromatic rings. The molecule has 0 radical (unpaired) electrons. The molecule has 3 rings (SSSR count). The molecule has 1 heterocycles. The number of fused-ring (bicyclic) bond motifs is 1. The van der Waals surface area contributed by atoms with Crippen molar-refractivity contribution in [3.05, 3.63) is 0 Å². The summed E-state index contributed by atoms with van der Waals surface area (Å²) in [6.07, 6.45) is 4.84. The molecule has 0 aromatic carbocycles. The number of alkyl halides is 1. The maximum atomic E-state index is 13.6. The summed E-state index contributed by atoms with van der Waals surface area (Å²) < 4.78 is 22.4. The molecule has 6 heteroatoms. The van der Waals surface area contributed by atoms with Crippen LogP contribution in [0.2, 0.25) is 0 Å². The van der Waals surface area contributed by atoms with Crippen LogP contribution < -0.4 is 10.6 Å². The van der Waals surface area contributed by atoms with Gasteiger partial charge in [-0.3, -0.25) is 4.79 Å². The van der Waals surface area contributed by atoms with Gasteiger partial charge >= 0.3 is 0 Å². The maximum Gasteiger partial charge on any atom is 0.270 e. The summed E-state index contributed by atoms with van der Waals surface area (Å²) in [5, 5.41) is 3.92. The molecule has 0 aromatic heterocycles. The van der Waals surface area contributed by atoms with Crippen LogP contribution in [0.3, 0.4) is 0 Å². The van der Waals surface area contributed by atoms with E-state index in [1.54, 1.807) is 0 Å². The van der Waals surface area contributed by atoms with Crippen LogP contribution in [-0.4, -0.2) is 35.1 Å². The molecule has 3 N–H and O–H groups in total. The highest BCUT2D eigenvalue weighted by atomic mass is 32.2. The summed E-state index contributed by atoms with van der Waals surface area (Å²) in [6, 6.07) is 0. The zero-order valence-corrected chi connectivity index (χ0v) is 12.6. The molecule has 2 aliphatic carbocycles. The molecule has 1 amide bonds. The van der Waals surface area contributed by atoms with Gasteiger partial charge in [0.2, 0.25) is 0 Å². The van der Waals surface area contributed by atoms with E-state index in [1.165, 1.54) is 19.3 Å². The second-order valence-electron chi connectivity index (χ2n) is 6.84. The number of piperidine rings is 1. The van der Waals surface area contributed by atoms with Crippen molar-refractivity contribution in [2.24, 2.45) is 23.2 Å². The topological polar surface area (TPSA) is 61.4 Å². The van der Waals surface area contributed by atoms with Crippen molar-refractivity contribution in [3.63, 3.8) is 0 Å². The monoisotopic (exact) mass is 302 g/mol. The summed E-state index contributed by atoms with van der Waals surface area (Å²) in [6.45, 7) is 3.78. The Morgan fingerprint density at radius 3 is 2.75 bits per heavy atom. The molecule has 20 heavy (non-hydrogen) atoms. The van der Waals surface area contributed by atoms with E-state index < -0.39 is 10.9 Å². The van der Waals surface area contributed by atoms with Crippen molar-refractivity contribution in [1.29, 1.82) is 0 Å². The van der Waals surface area contributed by atoms with Gasteiger partial charge < -0.3 is 15.2 Å². The summed E-state index contributed by atoms with van der Waals surface area (Å²) in [4.78, 5) is 11.6. The molecule has 3 fully saturated rings. The number of amides is 1. The highest BCUT2D eigenvalue weighted by Gasteiger charge is 2.58. The van der Waals surface area contributed by atoms with Gasteiger partial charge in [0.05, 0.1) is 0 Å². The molecule has 3 aliphatic rings. The first-order valence-corrected chi connectivity index (χ1v) is 8.26.